The fourth-order valence-corrected chi connectivity index (χ4v) is 8.47. The molecule has 0 radical (unpaired) electrons. The van der Waals surface area contributed by atoms with Crippen molar-refractivity contribution in [2.45, 2.75) is 81.2 Å². The summed E-state index contributed by atoms with van der Waals surface area (Å²) in [7, 11) is -3.56. The van der Waals surface area contributed by atoms with Crippen LogP contribution >= 0.6 is 11.6 Å². The highest BCUT2D eigenvalue weighted by Crippen LogP contribution is 2.45. The Morgan fingerprint density at radius 1 is 0.912 bits per heavy atom. The molecule has 2 aromatic carbocycles. The van der Waals surface area contributed by atoms with Gasteiger partial charge < -0.3 is 4.57 Å². The Hall–Kier alpha value is -1.82. The minimum absolute atomic E-state index is 0.0736. The minimum Gasteiger partial charge on any atom is -0.341 e. The van der Waals surface area contributed by atoms with Gasteiger partial charge in [0.2, 0.25) is 10.0 Å². The summed E-state index contributed by atoms with van der Waals surface area (Å²) >= 11 is 5.85. The minimum atomic E-state index is -3.56. The lowest BCUT2D eigenvalue weighted by molar-refractivity contribution is 0.243. The average molecular weight is 497 g/mol. The van der Waals surface area contributed by atoms with Crippen LogP contribution in [-0.2, 0) is 29.4 Å². The predicted molar refractivity (Wildman–Crippen MR) is 138 cm³/mol. The number of rotatable bonds is 5. The van der Waals surface area contributed by atoms with Gasteiger partial charge in [-0.3, -0.25) is 0 Å². The van der Waals surface area contributed by atoms with E-state index >= 15 is 0 Å². The van der Waals surface area contributed by atoms with Gasteiger partial charge in [0.15, 0.2) is 0 Å². The second kappa shape index (κ2) is 9.00. The van der Waals surface area contributed by atoms with Crippen molar-refractivity contribution in [3.05, 3.63) is 64.8 Å². The third-order valence-electron chi connectivity index (χ3n) is 8.34. The Morgan fingerprint density at radius 3 is 2.47 bits per heavy atom. The van der Waals surface area contributed by atoms with Gasteiger partial charge in [0.25, 0.3) is 0 Å². The van der Waals surface area contributed by atoms with E-state index in [9.17, 15) is 8.42 Å². The monoisotopic (exact) mass is 496 g/mol. The smallest absolute Gasteiger partial charge is 0.243 e. The first kappa shape index (κ1) is 22.6. The summed E-state index contributed by atoms with van der Waals surface area (Å²) < 4.78 is 31.7. The second-order valence-corrected chi connectivity index (χ2v) is 12.5. The third kappa shape index (κ3) is 3.71. The number of hydrogen-bond donors (Lipinski definition) is 0. The lowest BCUT2D eigenvalue weighted by Gasteiger charge is -2.39. The third-order valence-corrected chi connectivity index (χ3v) is 10.4. The highest BCUT2D eigenvalue weighted by molar-refractivity contribution is 7.89. The number of halogens is 1. The van der Waals surface area contributed by atoms with E-state index in [0.717, 1.165) is 31.2 Å². The van der Waals surface area contributed by atoms with E-state index in [1.165, 1.54) is 59.8 Å². The molecule has 1 saturated carbocycles. The Bertz CT molecular complexity index is 1310. The molecule has 1 fully saturated rings. The fraction of sp³-hybridized carbons (Fsp3) is 0.500. The number of benzene rings is 2. The van der Waals surface area contributed by atoms with E-state index in [2.05, 4.69) is 22.8 Å². The molecular formula is C28H33ClN2O2S. The Morgan fingerprint density at radius 2 is 1.71 bits per heavy atom. The zero-order chi connectivity index (χ0) is 23.3. The van der Waals surface area contributed by atoms with E-state index in [4.69, 9.17) is 11.6 Å². The van der Waals surface area contributed by atoms with E-state index < -0.39 is 10.0 Å². The molecule has 0 bridgehead atoms. The first-order chi connectivity index (χ1) is 16.6. The number of fused-ring (bicyclic) bond motifs is 3. The molecule has 0 amide bonds. The van der Waals surface area contributed by atoms with Crippen molar-refractivity contribution in [3.63, 3.8) is 0 Å². The summed E-state index contributed by atoms with van der Waals surface area (Å²) in [6.45, 7) is 1.24. The largest absolute Gasteiger partial charge is 0.341 e. The van der Waals surface area contributed by atoms with Crippen LogP contribution in [-0.4, -0.2) is 29.7 Å². The van der Waals surface area contributed by atoms with Gasteiger partial charge in [0.05, 0.1) is 10.9 Å². The number of aryl methyl sites for hydroxylation is 2. The van der Waals surface area contributed by atoms with Crippen LogP contribution in [0.15, 0.2) is 47.4 Å². The van der Waals surface area contributed by atoms with Crippen molar-refractivity contribution in [2.24, 2.45) is 0 Å². The van der Waals surface area contributed by atoms with Crippen LogP contribution in [0.4, 0.5) is 0 Å². The van der Waals surface area contributed by atoms with Crippen LogP contribution in [0.25, 0.3) is 10.9 Å². The van der Waals surface area contributed by atoms with Crippen molar-refractivity contribution in [3.8, 4) is 0 Å². The molecule has 0 saturated heterocycles. The van der Waals surface area contributed by atoms with Crippen molar-refractivity contribution in [1.29, 1.82) is 0 Å². The first-order valence-electron chi connectivity index (χ1n) is 12.9. The zero-order valence-corrected chi connectivity index (χ0v) is 21.3. The van der Waals surface area contributed by atoms with Crippen LogP contribution in [0.5, 0.6) is 0 Å². The molecule has 1 aliphatic heterocycles. The Labute approximate surface area is 208 Å². The predicted octanol–water partition coefficient (Wildman–Crippen LogP) is 6.55. The molecule has 2 aliphatic carbocycles. The van der Waals surface area contributed by atoms with Gasteiger partial charge in [-0.2, -0.15) is 4.31 Å². The van der Waals surface area contributed by atoms with Gasteiger partial charge in [-0.1, -0.05) is 37.5 Å². The van der Waals surface area contributed by atoms with E-state index in [-0.39, 0.29) is 6.04 Å². The average Bonchev–Trinajstić information content (AvgIpc) is 3.20. The molecule has 1 atom stereocenters. The summed E-state index contributed by atoms with van der Waals surface area (Å²) in [6.07, 6.45) is 10.4. The summed E-state index contributed by atoms with van der Waals surface area (Å²) in [5.41, 5.74) is 6.48. The van der Waals surface area contributed by atoms with Crippen LogP contribution in [0.2, 0.25) is 0 Å². The number of sulfonamides is 1. The molecule has 6 rings (SSSR count). The number of nitrogens with zero attached hydrogens (tertiary/aromatic N) is 2. The molecule has 34 heavy (non-hydrogen) atoms. The molecule has 6 heteroatoms. The second-order valence-electron chi connectivity index (χ2n) is 10.2. The molecule has 3 aliphatic rings. The number of hydrogen-bond acceptors (Lipinski definition) is 2. The highest BCUT2D eigenvalue weighted by Gasteiger charge is 2.40. The molecule has 3 aromatic rings. The molecule has 1 unspecified atom stereocenters. The number of alkyl halides is 1. The van der Waals surface area contributed by atoms with Crippen LogP contribution in [0, 0.1) is 0 Å². The van der Waals surface area contributed by atoms with Gasteiger partial charge in [0.1, 0.15) is 0 Å². The van der Waals surface area contributed by atoms with Gasteiger partial charge in [-0.05, 0) is 85.4 Å². The molecular weight excluding hydrogens is 464 g/mol. The molecule has 0 spiro atoms. The summed E-state index contributed by atoms with van der Waals surface area (Å²) in [5.74, 6) is 1.22. The Kier molecular flexibility index (Phi) is 5.99. The fourth-order valence-electron chi connectivity index (χ4n) is 6.64. The summed E-state index contributed by atoms with van der Waals surface area (Å²) in [6, 6.07) is 14.3. The molecule has 0 N–H and O–H groups in total. The highest BCUT2D eigenvalue weighted by atomic mass is 35.5. The van der Waals surface area contributed by atoms with E-state index in [1.54, 1.807) is 16.4 Å². The van der Waals surface area contributed by atoms with Crippen molar-refractivity contribution < 1.29 is 8.42 Å². The first-order valence-corrected chi connectivity index (χ1v) is 14.9. The SMILES string of the molecule is O=S(=O)(c1ccc(CCCl)cc1)N1CCn2c3c(c4cc(C5CCCCC5)ccc42)CCCC31. The quantitative estimate of drug-likeness (QED) is 0.376. The normalized spacial score (nSPS) is 21.6. The van der Waals surface area contributed by atoms with Crippen LogP contribution in [0.1, 0.15) is 79.3 Å². The topological polar surface area (TPSA) is 42.3 Å². The van der Waals surface area contributed by atoms with Gasteiger partial charge in [-0.25, -0.2) is 8.42 Å². The summed E-state index contributed by atoms with van der Waals surface area (Å²) in [4.78, 5) is 0.391. The van der Waals surface area contributed by atoms with Crippen LogP contribution < -0.4 is 0 Å². The maximum Gasteiger partial charge on any atom is 0.243 e. The maximum absolute atomic E-state index is 13.7. The van der Waals surface area contributed by atoms with E-state index in [1.807, 2.05) is 12.1 Å². The van der Waals surface area contributed by atoms with Crippen LogP contribution in [0.3, 0.4) is 0 Å². The molecule has 180 valence electrons. The summed E-state index contributed by atoms with van der Waals surface area (Å²) in [5, 5.41) is 1.37. The van der Waals surface area contributed by atoms with E-state index in [0.29, 0.717) is 29.8 Å². The van der Waals surface area contributed by atoms with Crippen molar-refractivity contribution in [2.75, 3.05) is 12.4 Å². The van der Waals surface area contributed by atoms with Gasteiger partial charge in [-0.15, -0.1) is 11.6 Å². The Balaban J connectivity index is 1.38. The zero-order valence-electron chi connectivity index (χ0n) is 19.7. The van der Waals surface area contributed by atoms with Gasteiger partial charge >= 0.3 is 0 Å². The maximum atomic E-state index is 13.7. The lowest BCUT2D eigenvalue weighted by Crippen LogP contribution is -2.43. The molecule has 2 heterocycles. The molecule has 4 nitrogen and oxygen atoms in total. The van der Waals surface area contributed by atoms with Crippen molar-refractivity contribution in [1.82, 2.24) is 8.87 Å². The lowest BCUT2D eigenvalue weighted by atomic mass is 9.83. The molecule has 1 aromatic heterocycles. The standard InChI is InChI=1S/C28H33ClN2O2S/c29-16-15-20-9-12-23(13-10-20)34(32,33)31-18-17-30-26-14-11-22(21-5-2-1-3-6-21)19-25(26)24-7-4-8-27(31)28(24)30/h9-14,19,21,27H,1-8,15-18H2. The van der Waals surface area contributed by atoms with Crippen molar-refractivity contribution >= 4 is 32.5 Å². The number of aromatic nitrogens is 1. The van der Waals surface area contributed by atoms with Gasteiger partial charge in [0, 0.05) is 35.6 Å².